The van der Waals surface area contributed by atoms with Crippen molar-refractivity contribution in [3.8, 4) is 11.4 Å². The van der Waals surface area contributed by atoms with E-state index in [1.54, 1.807) is 30.3 Å². The van der Waals surface area contributed by atoms with Gasteiger partial charge in [0.05, 0.1) is 17.0 Å². The molecular weight excluding hydrogens is 372 g/mol. The standard InChI is InChI=1S/C21H18N4O2S/c1-3-11-24-18(15-8-6-7-14(2)12-15)22-23-21(24)28-13-25-19(26)16-9-4-5-10-17(16)20(25)27/h3-10,12H,1,11,13H2,2H3. The zero-order chi connectivity index (χ0) is 19.7. The van der Waals surface area contributed by atoms with Gasteiger partial charge in [-0.3, -0.25) is 19.1 Å². The molecule has 7 heteroatoms. The minimum atomic E-state index is -0.276. The van der Waals surface area contributed by atoms with Crippen molar-refractivity contribution in [1.82, 2.24) is 19.7 Å². The predicted octanol–water partition coefficient (Wildman–Crippen LogP) is 3.79. The van der Waals surface area contributed by atoms with Gasteiger partial charge < -0.3 is 0 Å². The van der Waals surface area contributed by atoms with Gasteiger partial charge in [0.1, 0.15) is 0 Å². The van der Waals surface area contributed by atoms with Gasteiger partial charge in [-0.1, -0.05) is 53.7 Å². The Bertz CT molecular complexity index is 1050. The van der Waals surface area contributed by atoms with Crippen molar-refractivity contribution in [3.63, 3.8) is 0 Å². The van der Waals surface area contributed by atoms with E-state index in [0.717, 1.165) is 17.0 Å². The van der Waals surface area contributed by atoms with E-state index in [4.69, 9.17) is 0 Å². The Hall–Kier alpha value is -3.19. The summed E-state index contributed by atoms with van der Waals surface area (Å²) in [6.07, 6.45) is 1.77. The molecule has 0 atom stereocenters. The number of hydrogen-bond acceptors (Lipinski definition) is 5. The maximum Gasteiger partial charge on any atom is 0.262 e. The lowest BCUT2D eigenvalue weighted by molar-refractivity contribution is 0.0684. The molecule has 28 heavy (non-hydrogen) atoms. The molecule has 1 aromatic heterocycles. The normalized spacial score (nSPS) is 13.1. The number of benzene rings is 2. The second kappa shape index (κ2) is 7.44. The van der Waals surface area contributed by atoms with Crippen LogP contribution in [0.1, 0.15) is 26.3 Å². The highest BCUT2D eigenvalue weighted by Crippen LogP contribution is 2.29. The molecule has 0 aliphatic carbocycles. The van der Waals surface area contributed by atoms with Crippen molar-refractivity contribution in [1.29, 1.82) is 0 Å². The fraction of sp³-hybridized carbons (Fsp3) is 0.143. The van der Waals surface area contributed by atoms with Crippen LogP contribution in [-0.2, 0) is 6.54 Å². The third kappa shape index (κ3) is 3.14. The summed E-state index contributed by atoms with van der Waals surface area (Å²) in [5, 5.41) is 9.24. The third-order valence-electron chi connectivity index (χ3n) is 4.51. The number of amides is 2. The first-order valence-corrected chi connectivity index (χ1v) is 9.78. The van der Waals surface area contributed by atoms with Crippen molar-refractivity contribution in [3.05, 3.63) is 77.9 Å². The number of aryl methyl sites for hydroxylation is 1. The number of fused-ring (bicyclic) bond motifs is 1. The van der Waals surface area contributed by atoms with Gasteiger partial charge in [0.15, 0.2) is 11.0 Å². The molecule has 0 N–H and O–H groups in total. The fourth-order valence-corrected chi connectivity index (χ4v) is 4.06. The molecule has 6 nitrogen and oxygen atoms in total. The average Bonchev–Trinajstić information content (AvgIpc) is 3.20. The van der Waals surface area contributed by atoms with Crippen LogP contribution in [-0.4, -0.2) is 37.4 Å². The van der Waals surface area contributed by atoms with Gasteiger partial charge in [-0.25, -0.2) is 0 Å². The number of allylic oxidation sites excluding steroid dienone is 1. The lowest BCUT2D eigenvalue weighted by Gasteiger charge is -2.13. The summed E-state index contributed by atoms with van der Waals surface area (Å²) in [7, 11) is 0. The summed E-state index contributed by atoms with van der Waals surface area (Å²) in [5.74, 6) is 0.354. The van der Waals surface area contributed by atoms with Crippen LogP contribution in [0, 0.1) is 6.92 Å². The Morgan fingerprint density at radius 2 is 1.75 bits per heavy atom. The molecule has 1 aliphatic heterocycles. The maximum atomic E-state index is 12.5. The highest BCUT2D eigenvalue weighted by atomic mass is 32.2. The summed E-state index contributed by atoms with van der Waals surface area (Å²) in [6.45, 7) is 6.37. The van der Waals surface area contributed by atoms with Gasteiger partial charge in [-0.05, 0) is 25.1 Å². The number of hydrogen-bond donors (Lipinski definition) is 0. The van der Waals surface area contributed by atoms with E-state index in [2.05, 4.69) is 16.8 Å². The van der Waals surface area contributed by atoms with Gasteiger partial charge in [0.2, 0.25) is 0 Å². The Labute approximate surface area is 166 Å². The largest absolute Gasteiger partial charge is 0.298 e. The zero-order valence-electron chi connectivity index (χ0n) is 15.3. The molecular formula is C21H18N4O2S. The number of carbonyl (C=O) groups excluding carboxylic acids is 2. The van der Waals surface area contributed by atoms with Crippen LogP contribution in [0.5, 0.6) is 0 Å². The minimum absolute atomic E-state index is 0.176. The van der Waals surface area contributed by atoms with Crippen LogP contribution < -0.4 is 0 Å². The Morgan fingerprint density at radius 3 is 2.39 bits per heavy atom. The molecule has 0 saturated heterocycles. The first kappa shape index (κ1) is 18.2. The van der Waals surface area contributed by atoms with E-state index < -0.39 is 0 Å². The molecule has 140 valence electrons. The molecule has 0 unspecified atom stereocenters. The number of carbonyl (C=O) groups is 2. The molecule has 3 aromatic rings. The van der Waals surface area contributed by atoms with Crippen molar-refractivity contribution < 1.29 is 9.59 Å². The summed E-state index contributed by atoms with van der Waals surface area (Å²) >= 11 is 1.31. The van der Waals surface area contributed by atoms with Gasteiger partial charge in [-0.2, -0.15) is 0 Å². The second-order valence-corrected chi connectivity index (χ2v) is 7.34. The molecule has 2 amide bonds. The first-order chi connectivity index (χ1) is 13.6. The first-order valence-electron chi connectivity index (χ1n) is 8.79. The third-order valence-corrected chi connectivity index (χ3v) is 5.45. The van der Waals surface area contributed by atoms with Crippen LogP contribution in [0.25, 0.3) is 11.4 Å². The lowest BCUT2D eigenvalue weighted by Crippen LogP contribution is -2.29. The van der Waals surface area contributed by atoms with Crippen LogP contribution in [0.15, 0.2) is 66.3 Å². The Morgan fingerprint density at radius 1 is 1.04 bits per heavy atom. The van der Waals surface area contributed by atoms with Gasteiger partial charge >= 0.3 is 0 Å². The van der Waals surface area contributed by atoms with Crippen LogP contribution in [0.3, 0.4) is 0 Å². The summed E-state index contributed by atoms with van der Waals surface area (Å²) in [5.41, 5.74) is 2.98. The zero-order valence-corrected chi connectivity index (χ0v) is 16.1. The van der Waals surface area contributed by atoms with Crippen LogP contribution >= 0.6 is 11.8 Å². The molecule has 0 radical (unpaired) electrons. The van der Waals surface area contributed by atoms with Gasteiger partial charge in [-0.15, -0.1) is 16.8 Å². The molecule has 0 fully saturated rings. The summed E-state index contributed by atoms with van der Waals surface area (Å²) < 4.78 is 1.94. The molecule has 0 bridgehead atoms. The van der Waals surface area contributed by atoms with Crippen molar-refractivity contribution >= 4 is 23.6 Å². The average molecular weight is 390 g/mol. The van der Waals surface area contributed by atoms with Crippen LogP contribution in [0.4, 0.5) is 0 Å². The van der Waals surface area contributed by atoms with E-state index in [0.29, 0.717) is 22.8 Å². The summed E-state index contributed by atoms with van der Waals surface area (Å²) in [4.78, 5) is 26.3. The molecule has 1 aliphatic rings. The summed E-state index contributed by atoms with van der Waals surface area (Å²) in [6, 6.07) is 14.9. The van der Waals surface area contributed by atoms with E-state index in [1.807, 2.05) is 35.8 Å². The minimum Gasteiger partial charge on any atom is -0.298 e. The predicted molar refractivity (Wildman–Crippen MR) is 108 cm³/mol. The van der Waals surface area contributed by atoms with E-state index in [9.17, 15) is 9.59 Å². The molecule has 0 spiro atoms. The Balaban J connectivity index is 1.59. The highest BCUT2D eigenvalue weighted by Gasteiger charge is 2.35. The van der Waals surface area contributed by atoms with Crippen molar-refractivity contribution in [2.24, 2.45) is 0 Å². The van der Waals surface area contributed by atoms with Gasteiger partial charge in [0.25, 0.3) is 11.8 Å². The second-order valence-electron chi connectivity index (χ2n) is 6.43. The fourth-order valence-electron chi connectivity index (χ4n) is 3.17. The number of imide groups is 1. The number of thioether (sulfide) groups is 1. The molecule has 0 saturated carbocycles. The van der Waals surface area contributed by atoms with E-state index in [1.165, 1.54) is 16.7 Å². The van der Waals surface area contributed by atoms with E-state index >= 15 is 0 Å². The number of rotatable bonds is 6. The number of nitrogens with zero attached hydrogens (tertiary/aromatic N) is 4. The lowest BCUT2D eigenvalue weighted by atomic mass is 10.1. The molecule has 2 heterocycles. The van der Waals surface area contributed by atoms with E-state index in [-0.39, 0.29) is 17.7 Å². The van der Waals surface area contributed by atoms with Crippen molar-refractivity contribution in [2.75, 3.05) is 5.88 Å². The quantitative estimate of drug-likeness (QED) is 0.364. The highest BCUT2D eigenvalue weighted by molar-refractivity contribution is 7.99. The monoisotopic (exact) mass is 390 g/mol. The van der Waals surface area contributed by atoms with Gasteiger partial charge in [0, 0.05) is 12.1 Å². The topological polar surface area (TPSA) is 68.1 Å². The maximum absolute atomic E-state index is 12.5. The SMILES string of the molecule is C=CCn1c(SCN2C(=O)c3ccccc3C2=O)nnc1-c1cccc(C)c1. The molecule has 4 rings (SSSR count). The van der Waals surface area contributed by atoms with Crippen molar-refractivity contribution in [2.45, 2.75) is 18.6 Å². The smallest absolute Gasteiger partial charge is 0.262 e. The molecule has 2 aromatic carbocycles. The number of aromatic nitrogens is 3. The van der Waals surface area contributed by atoms with Crippen LogP contribution in [0.2, 0.25) is 0 Å². The Kier molecular flexibility index (Phi) is 4.83.